The fourth-order valence-corrected chi connectivity index (χ4v) is 0.898. The van der Waals surface area contributed by atoms with Gasteiger partial charge in [-0.1, -0.05) is 19.3 Å². The average Bonchev–Trinajstić information content (AvgIpc) is 1.72. The van der Waals surface area contributed by atoms with E-state index in [2.05, 4.69) is 6.42 Å². The molecule has 0 aromatic carbocycles. The molecular formula is C6H11Fe+. The smallest absolute Gasteiger partial charge is 0.328 e. The molecule has 0 heterocycles. The standard InChI is InChI=1S/C6H11.Fe/c1-2-4-6-5-3-1;/h1H,2-6H2;/q-1;+2. The predicted molar refractivity (Wildman–Crippen MR) is 27.4 cm³/mol. The largest absolute Gasteiger partial charge is 2.00 e. The molecule has 1 aliphatic rings. The molecule has 0 spiro atoms. The van der Waals surface area contributed by atoms with Gasteiger partial charge in [-0.2, -0.15) is 12.8 Å². The van der Waals surface area contributed by atoms with E-state index in [-0.39, 0.29) is 17.1 Å². The van der Waals surface area contributed by atoms with Crippen LogP contribution in [-0.2, 0) is 17.1 Å². The first-order chi connectivity index (χ1) is 3.00. The molecule has 7 heavy (non-hydrogen) atoms. The van der Waals surface area contributed by atoms with Gasteiger partial charge in [-0.3, -0.25) is 0 Å². The van der Waals surface area contributed by atoms with Crippen molar-refractivity contribution in [3.63, 3.8) is 0 Å². The normalized spacial score (nSPS) is 20.6. The zero-order chi connectivity index (χ0) is 4.24. The minimum Gasteiger partial charge on any atom is -0.328 e. The summed E-state index contributed by atoms with van der Waals surface area (Å²) in [6.07, 6.45) is 9.50. The molecule has 0 bridgehead atoms. The van der Waals surface area contributed by atoms with E-state index in [4.69, 9.17) is 0 Å². The van der Waals surface area contributed by atoms with Gasteiger partial charge in [-0.15, -0.1) is 0 Å². The minimum atomic E-state index is 0. The van der Waals surface area contributed by atoms with Gasteiger partial charge in [0.2, 0.25) is 0 Å². The fourth-order valence-electron chi connectivity index (χ4n) is 0.898. The van der Waals surface area contributed by atoms with Crippen LogP contribution in [0.2, 0.25) is 0 Å². The zero-order valence-corrected chi connectivity index (χ0v) is 5.57. The molecule has 1 saturated carbocycles. The van der Waals surface area contributed by atoms with Crippen LogP contribution in [0, 0.1) is 6.42 Å². The molecule has 1 rings (SSSR count). The van der Waals surface area contributed by atoms with Crippen LogP contribution in [0.5, 0.6) is 0 Å². The van der Waals surface area contributed by atoms with E-state index in [9.17, 15) is 0 Å². The van der Waals surface area contributed by atoms with Crippen molar-refractivity contribution >= 4 is 0 Å². The summed E-state index contributed by atoms with van der Waals surface area (Å²) in [5.41, 5.74) is 0. The summed E-state index contributed by atoms with van der Waals surface area (Å²) in [5.74, 6) is 0. The summed E-state index contributed by atoms with van der Waals surface area (Å²) in [5, 5.41) is 0. The van der Waals surface area contributed by atoms with Crippen LogP contribution < -0.4 is 0 Å². The molecule has 0 aliphatic heterocycles. The van der Waals surface area contributed by atoms with Crippen molar-refractivity contribution in [1.82, 2.24) is 0 Å². The molecular weight excluding hydrogens is 128 g/mol. The summed E-state index contributed by atoms with van der Waals surface area (Å²) in [6, 6.07) is 0. The van der Waals surface area contributed by atoms with E-state index < -0.39 is 0 Å². The Morgan fingerprint density at radius 1 is 0.857 bits per heavy atom. The van der Waals surface area contributed by atoms with Crippen LogP contribution in [0.25, 0.3) is 0 Å². The van der Waals surface area contributed by atoms with E-state index in [1.54, 1.807) is 0 Å². The second-order valence-corrected chi connectivity index (χ2v) is 1.93. The van der Waals surface area contributed by atoms with Gasteiger partial charge >= 0.3 is 17.1 Å². The molecule has 0 atom stereocenters. The van der Waals surface area contributed by atoms with Crippen LogP contribution in [0.4, 0.5) is 0 Å². The van der Waals surface area contributed by atoms with Gasteiger partial charge in [0.25, 0.3) is 0 Å². The molecule has 1 aliphatic carbocycles. The Kier molecular flexibility index (Phi) is 5.02. The Morgan fingerprint density at radius 3 is 1.57 bits per heavy atom. The second-order valence-electron chi connectivity index (χ2n) is 1.93. The van der Waals surface area contributed by atoms with Gasteiger partial charge in [0, 0.05) is 0 Å². The van der Waals surface area contributed by atoms with Gasteiger partial charge in [0.1, 0.15) is 0 Å². The van der Waals surface area contributed by atoms with Crippen molar-refractivity contribution < 1.29 is 17.1 Å². The van der Waals surface area contributed by atoms with Crippen LogP contribution in [0.1, 0.15) is 32.1 Å². The van der Waals surface area contributed by atoms with Crippen LogP contribution >= 0.6 is 0 Å². The molecule has 1 fully saturated rings. The van der Waals surface area contributed by atoms with Crippen molar-refractivity contribution in [1.29, 1.82) is 0 Å². The molecule has 0 aromatic heterocycles. The third-order valence-corrected chi connectivity index (χ3v) is 1.32. The van der Waals surface area contributed by atoms with Crippen molar-refractivity contribution in [3.8, 4) is 0 Å². The predicted octanol–water partition coefficient (Wildman–Crippen LogP) is 2.15. The molecule has 0 radical (unpaired) electrons. The maximum atomic E-state index is 2.39. The van der Waals surface area contributed by atoms with E-state index in [1.165, 1.54) is 32.1 Å². The molecule has 1 heteroatoms. The monoisotopic (exact) mass is 139 g/mol. The Hall–Kier alpha value is 0.519. The molecule has 0 amide bonds. The maximum absolute atomic E-state index is 2.39. The van der Waals surface area contributed by atoms with Gasteiger partial charge in [-0.25, -0.2) is 0 Å². The van der Waals surface area contributed by atoms with Gasteiger partial charge in [0.15, 0.2) is 0 Å². The van der Waals surface area contributed by atoms with Crippen molar-refractivity contribution in [2.45, 2.75) is 32.1 Å². The topological polar surface area (TPSA) is 0 Å². The summed E-state index contributed by atoms with van der Waals surface area (Å²) in [7, 11) is 0. The molecule has 42 valence electrons. The van der Waals surface area contributed by atoms with E-state index in [0.29, 0.717) is 0 Å². The van der Waals surface area contributed by atoms with E-state index in [0.717, 1.165) is 0 Å². The van der Waals surface area contributed by atoms with Gasteiger partial charge < -0.3 is 6.42 Å². The van der Waals surface area contributed by atoms with Crippen LogP contribution in [-0.4, -0.2) is 0 Å². The Labute approximate surface area is 56.2 Å². The Bertz CT molecular complexity index is 19.7. The quantitative estimate of drug-likeness (QED) is 0.356. The summed E-state index contributed by atoms with van der Waals surface area (Å²) in [6.45, 7) is 0. The third-order valence-electron chi connectivity index (χ3n) is 1.32. The minimum absolute atomic E-state index is 0. The SMILES string of the molecule is [CH-]1CCCCC1.[Fe+2]. The third kappa shape index (κ3) is 3.13. The van der Waals surface area contributed by atoms with Crippen LogP contribution in [0.15, 0.2) is 0 Å². The first-order valence-electron chi connectivity index (χ1n) is 2.82. The molecule has 0 N–H and O–H groups in total. The summed E-state index contributed by atoms with van der Waals surface area (Å²) >= 11 is 0. The second kappa shape index (κ2) is 4.67. The fraction of sp³-hybridized carbons (Fsp3) is 0.833. The molecule has 0 saturated heterocycles. The summed E-state index contributed by atoms with van der Waals surface area (Å²) < 4.78 is 0. The van der Waals surface area contributed by atoms with E-state index in [1.807, 2.05) is 0 Å². The summed E-state index contributed by atoms with van der Waals surface area (Å²) in [4.78, 5) is 0. The number of hydrogen-bond donors (Lipinski definition) is 0. The molecule has 0 unspecified atom stereocenters. The zero-order valence-electron chi connectivity index (χ0n) is 4.47. The van der Waals surface area contributed by atoms with E-state index >= 15 is 0 Å². The first-order valence-corrected chi connectivity index (χ1v) is 2.82. The van der Waals surface area contributed by atoms with Crippen molar-refractivity contribution in [3.05, 3.63) is 6.42 Å². The Morgan fingerprint density at radius 2 is 1.43 bits per heavy atom. The first kappa shape index (κ1) is 7.52. The van der Waals surface area contributed by atoms with Gasteiger partial charge in [-0.05, 0) is 0 Å². The maximum Gasteiger partial charge on any atom is 2.00 e. The number of hydrogen-bond acceptors (Lipinski definition) is 0. The van der Waals surface area contributed by atoms with Gasteiger partial charge in [0.05, 0.1) is 0 Å². The van der Waals surface area contributed by atoms with Crippen molar-refractivity contribution in [2.24, 2.45) is 0 Å². The Balaban J connectivity index is 0.000000360. The molecule has 0 nitrogen and oxygen atoms in total. The number of rotatable bonds is 0. The molecule has 0 aromatic rings. The van der Waals surface area contributed by atoms with Crippen molar-refractivity contribution in [2.75, 3.05) is 0 Å². The van der Waals surface area contributed by atoms with Crippen LogP contribution in [0.3, 0.4) is 0 Å². The average molecular weight is 139 g/mol.